The fourth-order valence-corrected chi connectivity index (χ4v) is 2.50. The first-order valence-corrected chi connectivity index (χ1v) is 9.05. The molecule has 0 aliphatic carbocycles. The number of amides is 2. The Bertz CT molecular complexity index is 1030. The van der Waals surface area contributed by atoms with Gasteiger partial charge in [0.2, 0.25) is 0 Å². The molecule has 174 valence electrons. The smallest absolute Gasteiger partial charge is 0.433 e. The van der Waals surface area contributed by atoms with Crippen LogP contribution in [0.15, 0.2) is 30.3 Å². The first-order chi connectivity index (χ1) is 14.5. The molecule has 6 nitrogen and oxygen atoms in total. The van der Waals surface area contributed by atoms with Gasteiger partial charge in [-0.05, 0) is 58.0 Å². The largest absolute Gasteiger partial charge is 0.444 e. The first kappa shape index (κ1) is 25.0. The number of anilines is 2. The minimum atomic E-state index is -4.75. The second kappa shape index (κ2) is 8.67. The number of pyridine rings is 1. The fraction of sp³-hybridized carbons (Fsp3) is 0.350. The fourth-order valence-electron chi connectivity index (χ4n) is 2.50. The summed E-state index contributed by atoms with van der Waals surface area (Å²) in [5.74, 6) is -1.02. The molecule has 2 N–H and O–H groups in total. The van der Waals surface area contributed by atoms with Crippen LogP contribution < -0.4 is 10.6 Å². The number of aryl methyl sites for hydroxylation is 1. The maximum atomic E-state index is 13.1. The van der Waals surface area contributed by atoms with Gasteiger partial charge >= 0.3 is 18.4 Å². The number of ether oxygens (including phenoxy) is 1. The van der Waals surface area contributed by atoms with Gasteiger partial charge in [0.15, 0.2) is 0 Å². The summed E-state index contributed by atoms with van der Waals surface area (Å²) in [5, 5.41) is 4.41. The molecule has 1 aromatic heterocycles. The van der Waals surface area contributed by atoms with Crippen LogP contribution in [0.2, 0.25) is 0 Å². The monoisotopic (exact) mass is 463 g/mol. The van der Waals surface area contributed by atoms with E-state index in [0.717, 1.165) is 19.1 Å². The van der Waals surface area contributed by atoms with E-state index in [1.54, 1.807) is 20.8 Å². The molecule has 0 fully saturated rings. The van der Waals surface area contributed by atoms with E-state index in [2.05, 4.69) is 15.6 Å². The van der Waals surface area contributed by atoms with Gasteiger partial charge in [-0.25, -0.2) is 9.78 Å². The van der Waals surface area contributed by atoms with Crippen molar-refractivity contribution in [1.82, 2.24) is 4.98 Å². The Hall–Kier alpha value is -3.31. The van der Waals surface area contributed by atoms with Crippen LogP contribution in [-0.4, -0.2) is 22.6 Å². The molecular weight excluding hydrogens is 444 g/mol. The zero-order valence-electron chi connectivity index (χ0n) is 17.3. The van der Waals surface area contributed by atoms with Gasteiger partial charge in [-0.3, -0.25) is 10.1 Å². The predicted molar refractivity (Wildman–Crippen MR) is 103 cm³/mol. The Morgan fingerprint density at radius 2 is 1.50 bits per heavy atom. The van der Waals surface area contributed by atoms with Gasteiger partial charge in [0.1, 0.15) is 11.3 Å². The topological polar surface area (TPSA) is 80.3 Å². The van der Waals surface area contributed by atoms with E-state index in [9.17, 15) is 35.9 Å². The van der Waals surface area contributed by atoms with Crippen molar-refractivity contribution in [1.29, 1.82) is 0 Å². The summed E-state index contributed by atoms with van der Waals surface area (Å²) in [7, 11) is 0. The van der Waals surface area contributed by atoms with Crippen LogP contribution in [0.5, 0.6) is 0 Å². The van der Waals surface area contributed by atoms with Crippen molar-refractivity contribution in [3.8, 4) is 0 Å². The zero-order chi connectivity index (χ0) is 24.5. The highest BCUT2D eigenvalue weighted by atomic mass is 19.4. The third-order valence-corrected chi connectivity index (χ3v) is 3.85. The van der Waals surface area contributed by atoms with Crippen molar-refractivity contribution in [2.75, 3.05) is 10.6 Å². The van der Waals surface area contributed by atoms with Gasteiger partial charge in [-0.1, -0.05) is 0 Å². The summed E-state index contributed by atoms with van der Waals surface area (Å²) in [4.78, 5) is 27.9. The molecule has 0 aliphatic rings. The van der Waals surface area contributed by atoms with Crippen molar-refractivity contribution in [2.24, 2.45) is 0 Å². The molecule has 1 aromatic carbocycles. The Kier molecular flexibility index (Phi) is 6.76. The number of rotatable bonds is 3. The van der Waals surface area contributed by atoms with E-state index in [1.165, 1.54) is 0 Å². The SMILES string of the molecule is Cc1nc(C(F)(F)F)ccc1C(=O)Nc1cc(C(F)(F)F)ccc1NC(=O)OC(C)(C)C. The molecule has 2 amide bonds. The molecule has 2 aromatic rings. The molecule has 0 spiro atoms. The van der Waals surface area contributed by atoms with Crippen molar-refractivity contribution in [3.05, 3.63) is 52.8 Å². The number of carbonyl (C=O) groups excluding carboxylic acids is 2. The van der Waals surface area contributed by atoms with Crippen molar-refractivity contribution in [2.45, 2.75) is 45.6 Å². The molecule has 0 unspecified atom stereocenters. The first-order valence-electron chi connectivity index (χ1n) is 9.05. The van der Waals surface area contributed by atoms with Gasteiger partial charge in [0, 0.05) is 0 Å². The van der Waals surface area contributed by atoms with Crippen LogP contribution in [-0.2, 0) is 17.1 Å². The molecule has 12 heteroatoms. The number of alkyl halides is 6. The standard InChI is InChI=1S/C20H19F6N3O3/c1-10-12(6-8-15(27-10)20(24,25)26)16(30)28-14-9-11(19(21,22)23)5-7-13(14)29-17(31)32-18(2,3)4/h5-9H,1-4H3,(H,28,30)(H,29,31). The van der Waals surface area contributed by atoms with Crippen LogP contribution in [0.4, 0.5) is 42.5 Å². The van der Waals surface area contributed by atoms with Crippen LogP contribution in [0, 0.1) is 6.92 Å². The van der Waals surface area contributed by atoms with E-state index in [-0.39, 0.29) is 16.9 Å². The van der Waals surface area contributed by atoms with E-state index >= 15 is 0 Å². The predicted octanol–water partition coefficient (Wildman–Crippen LogP) is 6.03. The van der Waals surface area contributed by atoms with Crippen LogP contribution in [0.3, 0.4) is 0 Å². The minimum Gasteiger partial charge on any atom is -0.444 e. The maximum absolute atomic E-state index is 13.1. The number of hydrogen-bond donors (Lipinski definition) is 2. The minimum absolute atomic E-state index is 0.210. The lowest BCUT2D eigenvalue weighted by atomic mass is 10.1. The third-order valence-electron chi connectivity index (χ3n) is 3.85. The van der Waals surface area contributed by atoms with Gasteiger partial charge < -0.3 is 10.1 Å². The molecule has 0 atom stereocenters. The zero-order valence-corrected chi connectivity index (χ0v) is 17.3. The summed E-state index contributed by atoms with van der Waals surface area (Å²) < 4.78 is 82.7. The van der Waals surface area contributed by atoms with Crippen LogP contribution in [0.25, 0.3) is 0 Å². The summed E-state index contributed by atoms with van der Waals surface area (Å²) in [6.07, 6.45) is -10.5. The lowest BCUT2D eigenvalue weighted by Gasteiger charge is -2.21. The highest BCUT2D eigenvalue weighted by Gasteiger charge is 2.34. The molecule has 32 heavy (non-hydrogen) atoms. The number of nitrogens with zero attached hydrogens (tertiary/aromatic N) is 1. The quantitative estimate of drug-likeness (QED) is 0.545. The molecule has 0 bridgehead atoms. The second-order valence-electron chi connectivity index (χ2n) is 7.67. The molecule has 0 aliphatic heterocycles. The van der Waals surface area contributed by atoms with E-state index in [4.69, 9.17) is 4.74 Å². The summed E-state index contributed by atoms with van der Waals surface area (Å²) in [6.45, 7) is 5.86. The lowest BCUT2D eigenvalue weighted by molar-refractivity contribution is -0.141. The van der Waals surface area contributed by atoms with Gasteiger partial charge in [0.25, 0.3) is 5.91 Å². The number of halogens is 6. The third kappa shape index (κ3) is 6.59. The molecule has 0 saturated carbocycles. The summed E-state index contributed by atoms with van der Waals surface area (Å²) in [5.41, 5.74) is -4.47. The number of aromatic nitrogens is 1. The summed E-state index contributed by atoms with van der Waals surface area (Å²) in [6, 6.07) is 3.62. The average molecular weight is 463 g/mol. The second-order valence-corrected chi connectivity index (χ2v) is 7.67. The van der Waals surface area contributed by atoms with Gasteiger partial charge in [-0.15, -0.1) is 0 Å². The van der Waals surface area contributed by atoms with Crippen LogP contribution in [0.1, 0.15) is 48.1 Å². The summed E-state index contributed by atoms with van der Waals surface area (Å²) >= 11 is 0. The molecule has 2 rings (SSSR count). The maximum Gasteiger partial charge on any atom is 0.433 e. The Labute approximate surface area is 179 Å². The van der Waals surface area contributed by atoms with E-state index in [0.29, 0.717) is 18.2 Å². The molecular formula is C20H19F6N3O3. The average Bonchev–Trinajstić information content (AvgIpc) is 2.59. The molecule has 1 heterocycles. The van der Waals surface area contributed by atoms with Crippen LogP contribution >= 0.6 is 0 Å². The molecule has 0 saturated heterocycles. The van der Waals surface area contributed by atoms with Gasteiger partial charge in [-0.2, -0.15) is 26.3 Å². The van der Waals surface area contributed by atoms with Gasteiger partial charge in [0.05, 0.1) is 28.2 Å². The number of hydrogen-bond acceptors (Lipinski definition) is 4. The Morgan fingerprint density at radius 1 is 0.875 bits per heavy atom. The van der Waals surface area contributed by atoms with E-state index in [1.807, 2.05) is 0 Å². The Morgan fingerprint density at radius 3 is 2.00 bits per heavy atom. The number of benzene rings is 1. The Balaban J connectivity index is 2.39. The lowest BCUT2D eigenvalue weighted by Crippen LogP contribution is -2.27. The highest BCUT2D eigenvalue weighted by Crippen LogP contribution is 2.35. The normalized spacial score (nSPS) is 12.3. The van der Waals surface area contributed by atoms with E-state index < -0.39 is 46.9 Å². The van der Waals surface area contributed by atoms with Crippen molar-refractivity contribution < 1.29 is 40.7 Å². The number of carbonyl (C=O) groups is 2. The number of nitrogens with one attached hydrogen (secondary N) is 2. The van der Waals surface area contributed by atoms with Crippen molar-refractivity contribution in [3.63, 3.8) is 0 Å². The van der Waals surface area contributed by atoms with Crippen molar-refractivity contribution >= 4 is 23.4 Å². The molecule has 0 radical (unpaired) electrons. The highest BCUT2D eigenvalue weighted by molar-refractivity contribution is 6.07.